The van der Waals surface area contributed by atoms with Gasteiger partial charge in [-0.25, -0.2) is 9.18 Å². The van der Waals surface area contributed by atoms with Crippen molar-refractivity contribution in [3.05, 3.63) is 50.7 Å². The van der Waals surface area contributed by atoms with Gasteiger partial charge >= 0.3 is 12.1 Å². The Balaban J connectivity index is 2.85. The highest BCUT2D eigenvalue weighted by Gasteiger charge is 2.40. The fraction of sp³-hybridized carbons (Fsp3) is 0.368. The number of rotatable bonds is 5. The van der Waals surface area contributed by atoms with E-state index in [1.165, 1.54) is 6.92 Å². The molecule has 2 aromatic rings. The highest BCUT2D eigenvalue weighted by molar-refractivity contribution is 6.32. The van der Waals surface area contributed by atoms with E-state index in [4.69, 9.17) is 16.3 Å². The van der Waals surface area contributed by atoms with Gasteiger partial charge in [-0.2, -0.15) is 13.2 Å². The molecular formula is C19H18ClF4NO4. The van der Waals surface area contributed by atoms with Crippen LogP contribution in [0.5, 0.6) is 5.75 Å². The van der Waals surface area contributed by atoms with Crippen molar-refractivity contribution in [2.24, 2.45) is 7.05 Å². The van der Waals surface area contributed by atoms with E-state index in [-0.39, 0.29) is 29.0 Å². The number of benzene rings is 1. The lowest BCUT2D eigenvalue weighted by atomic mass is 10.0. The number of nitrogens with zero attached hydrogens (tertiary/aromatic N) is 1. The Morgan fingerprint density at radius 3 is 2.38 bits per heavy atom. The first-order chi connectivity index (χ1) is 13.4. The van der Waals surface area contributed by atoms with Crippen molar-refractivity contribution in [3.8, 4) is 16.9 Å². The molecule has 0 bridgehead atoms. The minimum Gasteiger partial charge on any atom is -0.489 e. The molecule has 0 aliphatic carbocycles. The lowest BCUT2D eigenvalue weighted by Crippen LogP contribution is -2.30. The number of carbonyl (C=O) groups excluding carboxylic acids is 1. The highest BCUT2D eigenvalue weighted by Crippen LogP contribution is 2.35. The molecule has 0 fully saturated rings. The van der Waals surface area contributed by atoms with Gasteiger partial charge in [-0.15, -0.1) is 0 Å². The number of hydrogen-bond acceptors (Lipinski definition) is 4. The van der Waals surface area contributed by atoms with Gasteiger partial charge in [0.25, 0.3) is 0 Å². The number of hydrogen-bond donors (Lipinski definition) is 0. The molecule has 0 unspecified atom stereocenters. The fourth-order valence-electron chi connectivity index (χ4n) is 2.74. The topological polar surface area (TPSA) is 57.5 Å². The molecule has 0 aliphatic rings. The summed E-state index contributed by atoms with van der Waals surface area (Å²) in [4.78, 5) is 25.0. The molecule has 5 nitrogen and oxygen atoms in total. The van der Waals surface area contributed by atoms with Gasteiger partial charge in [0.05, 0.1) is 17.7 Å². The molecule has 29 heavy (non-hydrogen) atoms. The maximum absolute atomic E-state index is 14.6. The number of ether oxygens (including phenoxy) is 2. The molecule has 1 aromatic carbocycles. The zero-order chi connectivity index (χ0) is 22.1. The van der Waals surface area contributed by atoms with Crippen molar-refractivity contribution in [2.45, 2.75) is 33.1 Å². The molecule has 1 heterocycles. The summed E-state index contributed by atoms with van der Waals surface area (Å²) in [6.07, 6.45) is -4.55. The summed E-state index contributed by atoms with van der Waals surface area (Å²) in [5.41, 5.74) is -4.85. The Morgan fingerprint density at radius 1 is 1.24 bits per heavy atom. The minimum absolute atomic E-state index is 0.0395. The summed E-state index contributed by atoms with van der Waals surface area (Å²) in [7, 11) is 0.994. The number of pyridine rings is 1. The normalized spacial score (nSPS) is 11.7. The van der Waals surface area contributed by atoms with Gasteiger partial charge < -0.3 is 14.0 Å². The zero-order valence-corrected chi connectivity index (χ0v) is 16.7. The average molecular weight is 436 g/mol. The Hall–Kier alpha value is -2.55. The van der Waals surface area contributed by atoms with Crippen LogP contribution >= 0.6 is 11.6 Å². The molecule has 0 aliphatic heterocycles. The van der Waals surface area contributed by atoms with Gasteiger partial charge in [0.1, 0.15) is 22.8 Å². The van der Waals surface area contributed by atoms with Crippen LogP contribution in [0.25, 0.3) is 11.1 Å². The average Bonchev–Trinajstić information content (AvgIpc) is 2.57. The van der Waals surface area contributed by atoms with Gasteiger partial charge in [-0.1, -0.05) is 11.6 Å². The summed E-state index contributed by atoms with van der Waals surface area (Å²) in [5.74, 6) is -2.37. The number of carbonyl (C=O) groups is 1. The van der Waals surface area contributed by atoms with E-state index >= 15 is 0 Å². The van der Waals surface area contributed by atoms with E-state index < -0.39 is 40.2 Å². The second-order valence-corrected chi connectivity index (χ2v) is 6.76. The van der Waals surface area contributed by atoms with Crippen molar-refractivity contribution in [1.82, 2.24) is 4.57 Å². The van der Waals surface area contributed by atoms with E-state index in [1.807, 2.05) is 0 Å². The molecule has 1 aromatic heterocycles. The first kappa shape index (κ1) is 22.7. The Labute approximate surface area is 168 Å². The molecule has 158 valence electrons. The quantitative estimate of drug-likeness (QED) is 0.498. The van der Waals surface area contributed by atoms with Gasteiger partial charge in [0.2, 0.25) is 5.43 Å². The van der Waals surface area contributed by atoms with Crippen molar-refractivity contribution < 1.29 is 31.8 Å². The number of aryl methyl sites for hydroxylation is 1. The van der Waals surface area contributed by atoms with Gasteiger partial charge in [0, 0.05) is 24.4 Å². The summed E-state index contributed by atoms with van der Waals surface area (Å²) in [6.45, 7) is 4.52. The third-order valence-corrected chi connectivity index (χ3v) is 4.10. The molecule has 0 spiro atoms. The smallest absolute Gasteiger partial charge is 0.432 e. The molecule has 0 atom stereocenters. The molecule has 2 rings (SSSR count). The molecule has 0 N–H and O–H groups in total. The van der Waals surface area contributed by atoms with Crippen LogP contribution in [-0.2, 0) is 18.0 Å². The number of aromatic nitrogens is 1. The lowest BCUT2D eigenvalue weighted by molar-refractivity contribution is -0.144. The monoisotopic (exact) mass is 435 g/mol. The highest BCUT2D eigenvalue weighted by atomic mass is 35.5. The van der Waals surface area contributed by atoms with Crippen molar-refractivity contribution in [3.63, 3.8) is 0 Å². The van der Waals surface area contributed by atoms with E-state index in [0.29, 0.717) is 4.57 Å². The zero-order valence-electron chi connectivity index (χ0n) is 16.0. The Kier molecular flexibility index (Phi) is 6.62. The van der Waals surface area contributed by atoms with Gasteiger partial charge in [-0.3, -0.25) is 4.79 Å². The minimum atomic E-state index is -5.01. The standard InChI is InChI=1S/C19H18ClF4NO4/c1-5-28-18(27)15-16(26)11(8-25(4)17(15)19(22,23)24)10-6-14(29-9(2)3)12(20)7-13(10)21/h6-9H,5H2,1-4H3. The number of alkyl halides is 3. The van der Waals surface area contributed by atoms with Crippen LogP contribution in [0.3, 0.4) is 0 Å². The summed E-state index contributed by atoms with van der Waals surface area (Å²) in [5, 5.41) is -0.0747. The van der Waals surface area contributed by atoms with Crippen LogP contribution < -0.4 is 10.2 Å². The predicted octanol–water partition coefficient (Wildman–Crippen LogP) is 4.83. The maximum atomic E-state index is 14.6. The second kappa shape index (κ2) is 8.44. The third kappa shape index (κ3) is 4.72. The summed E-state index contributed by atoms with van der Waals surface area (Å²) < 4.78 is 65.6. The SMILES string of the molecule is CCOC(=O)c1c(C(F)(F)F)n(C)cc(-c2cc(OC(C)C)c(Cl)cc2F)c1=O. The molecule has 0 saturated heterocycles. The molecule has 0 saturated carbocycles. The second-order valence-electron chi connectivity index (χ2n) is 6.35. The molecule has 10 heteroatoms. The van der Waals surface area contributed by atoms with Gasteiger partial charge in [0.15, 0.2) is 0 Å². The molecular weight excluding hydrogens is 418 g/mol. The first-order valence-corrected chi connectivity index (χ1v) is 8.90. The Bertz CT molecular complexity index is 999. The van der Waals surface area contributed by atoms with E-state index in [1.54, 1.807) is 13.8 Å². The van der Waals surface area contributed by atoms with Gasteiger partial charge in [-0.05, 0) is 32.9 Å². The van der Waals surface area contributed by atoms with E-state index in [9.17, 15) is 27.2 Å². The van der Waals surface area contributed by atoms with Crippen LogP contribution in [0, 0.1) is 5.82 Å². The van der Waals surface area contributed by atoms with Crippen molar-refractivity contribution in [1.29, 1.82) is 0 Å². The van der Waals surface area contributed by atoms with Crippen LogP contribution in [0.4, 0.5) is 17.6 Å². The van der Waals surface area contributed by atoms with Crippen LogP contribution in [-0.4, -0.2) is 23.2 Å². The summed E-state index contributed by atoms with van der Waals surface area (Å²) >= 11 is 5.94. The van der Waals surface area contributed by atoms with E-state index in [0.717, 1.165) is 25.4 Å². The number of halogens is 5. The first-order valence-electron chi connectivity index (χ1n) is 8.52. The number of esters is 1. The Morgan fingerprint density at radius 2 is 1.86 bits per heavy atom. The third-order valence-electron chi connectivity index (χ3n) is 3.81. The maximum Gasteiger partial charge on any atom is 0.432 e. The molecule has 0 amide bonds. The summed E-state index contributed by atoms with van der Waals surface area (Å²) in [6, 6.07) is 1.99. The van der Waals surface area contributed by atoms with Crippen molar-refractivity contribution in [2.75, 3.05) is 6.61 Å². The van der Waals surface area contributed by atoms with Crippen LogP contribution in [0.2, 0.25) is 5.02 Å². The lowest BCUT2D eigenvalue weighted by Gasteiger charge is -2.18. The van der Waals surface area contributed by atoms with Crippen LogP contribution in [0.1, 0.15) is 36.8 Å². The van der Waals surface area contributed by atoms with Crippen molar-refractivity contribution >= 4 is 17.6 Å². The largest absolute Gasteiger partial charge is 0.489 e. The predicted molar refractivity (Wildman–Crippen MR) is 98.8 cm³/mol. The fourth-order valence-corrected chi connectivity index (χ4v) is 2.94. The van der Waals surface area contributed by atoms with Crippen LogP contribution in [0.15, 0.2) is 23.1 Å². The van der Waals surface area contributed by atoms with E-state index in [2.05, 4.69) is 4.74 Å². The molecule has 0 radical (unpaired) electrons.